The van der Waals surface area contributed by atoms with Crippen LogP contribution in [-0.4, -0.2) is 95.4 Å². The molecule has 11 heteroatoms. The van der Waals surface area contributed by atoms with Crippen LogP contribution in [0.2, 0.25) is 0 Å². The predicted molar refractivity (Wildman–Crippen MR) is 163 cm³/mol. The average Bonchev–Trinajstić information content (AvgIpc) is 3.45. The Morgan fingerprint density at radius 2 is 1.88 bits per heavy atom. The number of nitrogens with zero attached hydrogens (tertiary/aromatic N) is 1. The van der Waals surface area contributed by atoms with Crippen LogP contribution < -0.4 is 10.6 Å². The summed E-state index contributed by atoms with van der Waals surface area (Å²) in [6.07, 6.45) is 0.0203. The molecule has 0 saturated carbocycles. The van der Waals surface area contributed by atoms with Gasteiger partial charge >= 0.3 is 6.09 Å². The molecule has 3 aliphatic rings. The Balaban J connectivity index is 1.50. The molecule has 0 aromatic heterocycles. The van der Waals surface area contributed by atoms with Gasteiger partial charge in [-0.05, 0) is 69.6 Å². The summed E-state index contributed by atoms with van der Waals surface area (Å²) in [5.74, 6) is 1.33. The van der Waals surface area contributed by atoms with E-state index in [1.165, 1.54) is 0 Å². The van der Waals surface area contributed by atoms with Crippen LogP contribution in [0.5, 0.6) is 0 Å². The number of carbonyl (C=O) groups is 2. The van der Waals surface area contributed by atoms with E-state index < -0.39 is 39.4 Å². The van der Waals surface area contributed by atoms with Gasteiger partial charge in [-0.2, -0.15) is 11.8 Å². The quantitative estimate of drug-likeness (QED) is 0.390. The van der Waals surface area contributed by atoms with Crippen LogP contribution >= 0.6 is 11.8 Å². The molecule has 1 aromatic rings. The van der Waals surface area contributed by atoms with Crippen molar-refractivity contribution in [2.24, 2.45) is 11.8 Å². The molecule has 9 nitrogen and oxygen atoms in total. The summed E-state index contributed by atoms with van der Waals surface area (Å²) in [6, 6.07) is 8.54. The fourth-order valence-corrected chi connectivity index (χ4v) is 10.4. The molecule has 3 aliphatic heterocycles. The lowest BCUT2D eigenvalue weighted by molar-refractivity contribution is -0.130. The molecule has 3 N–H and O–H groups in total. The molecule has 2 amide bonds. The minimum absolute atomic E-state index is 0.00269. The smallest absolute Gasteiger partial charge is 0.407 e. The number of ether oxygens (including phenoxy) is 1. The van der Waals surface area contributed by atoms with Crippen molar-refractivity contribution in [3.05, 3.63) is 35.9 Å². The maximum absolute atomic E-state index is 13.4. The number of piperidine rings is 1. The van der Waals surface area contributed by atoms with Gasteiger partial charge in [-0.25, -0.2) is 13.2 Å². The molecule has 0 radical (unpaired) electrons. The van der Waals surface area contributed by atoms with Gasteiger partial charge in [0.2, 0.25) is 5.91 Å². The van der Waals surface area contributed by atoms with E-state index in [4.69, 9.17) is 4.74 Å². The van der Waals surface area contributed by atoms with Crippen LogP contribution in [0.3, 0.4) is 0 Å². The number of alkyl carbamates (subject to hydrolysis) is 1. The highest BCUT2D eigenvalue weighted by atomic mass is 32.2. The second-order valence-corrected chi connectivity index (χ2v) is 16.8. The van der Waals surface area contributed by atoms with Crippen LogP contribution in [-0.2, 0) is 25.8 Å². The van der Waals surface area contributed by atoms with Gasteiger partial charge in [0.15, 0.2) is 9.84 Å². The molecule has 1 unspecified atom stereocenters. The summed E-state index contributed by atoms with van der Waals surface area (Å²) in [5, 5.41) is 17.3. The highest BCUT2D eigenvalue weighted by Crippen LogP contribution is 2.40. The molecule has 3 fully saturated rings. The van der Waals surface area contributed by atoms with Gasteiger partial charge in [0.25, 0.3) is 0 Å². The number of benzene rings is 1. The molecule has 0 aliphatic carbocycles. The molecular weight excluding hydrogens is 562 g/mol. The van der Waals surface area contributed by atoms with Gasteiger partial charge in [-0.3, -0.25) is 9.69 Å². The molecule has 7 atom stereocenters. The zero-order chi connectivity index (χ0) is 29.9. The molecule has 41 heavy (non-hydrogen) atoms. The topological polar surface area (TPSA) is 125 Å². The first-order chi connectivity index (χ1) is 19.2. The van der Waals surface area contributed by atoms with E-state index >= 15 is 0 Å². The monoisotopic (exact) mass is 609 g/mol. The highest BCUT2D eigenvalue weighted by molar-refractivity contribution is 8.00. The summed E-state index contributed by atoms with van der Waals surface area (Å²) >= 11 is 1.93. The number of hydrogen-bond donors (Lipinski definition) is 3. The molecular formula is C30H47N3O6S2. The number of hydrogen-bond acceptors (Lipinski definition) is 8. The van der Waals surface area contributed by atoms with Crippen LogP contribution in [0.15, 0.2) is 30.3 Å². The first kappa shape index (κ1) is 32.1. The maximum Gasteiger partial charge on any atom is 0.407 e. The lowest BCUT2D eigenvalue weighted by atomic mass is 9.89. The summed E-state index contributed by atoms with van der Waals surface area (Å²) in [6.45, 7) is 10.5. The zero-order valence-electron chi connectivity index (χ0n) is 24.9. The number of thioether (sulfide) groups is 1. The molecule has 230 valence electrons. The van der Waals surface area contributed by atoms with E-state index in [1.807, 2.05) is 76.7 Å². The Kier molecular flexibility index (Phi) is 10.4. The molecule has 4 rings (SSSR count). The number of fused-ring (bicyclic) bond motifs is 1. The van der Waals surface area contributed by atoms with Gasteiger partial charge in [0.1, 0.15) is 11.4 Å². The Bertz CT molecular complexity index is 1160. The van der Waals surface area contributed by atoms with Crippen molar-refractivity contribution in [3.8, 4) is 0 Å². The van der Waals surface area contributed by atoms with Gasteiger partial charge < -0.3 is 20.5 Å². The van der Waals surface area contributed by atoms with Crippen molar-refractivity contribution in [2.75, 3.05) is 24.6 Å². The molecule has 3 saturated heterocycles. The number of aliphatic hydroxyl groups is 1. The van der Waals surface area contributed by atoms with E-state index in [0.29, 0.717) is 17.6 Å². The summed E-state index contributed by atoms with van der Waals surface area (Å²) in [7, 11) is -3.33. The number of sulfone groups is 1. The minimum Gasteiger partial charge on any atom is -0.445 e. The van der Waals surface area contributed by atoms with Crippen molar-refractivity contribution < 1.29 is 27.9 Å². The SMILES string of the molecule is CC(C)[C@H]1[C@@H](OC(=O)N[C@@H](Cc2ccccc2)[C@H](O)CN2C[C@H]3CCS[C@H]3CC2C(=O)NC(C)(C)C)CCS1(=O)=O. The first-order valence-electron chi connectivity index (χ1n) is 14.8. The second kappa shape index (κ2) is 13.2. The van der Waals surface area contributed by atoms with E-state index in [0.717, 1.165) is 30.7 Å². The van der Waals surface area contributed by atoms with Crippen LogP contribution in [0.1, 0.15) is 59.4 Å². The number of β-amino-alcohol motifs (C(OH)–C–C–N with tert-alkyl or cyclic N) is 1. The standard InChI is InChI=1S/C30H47N3O6S2/c1-19(2)27-25(12-14-41(27,37)38)39-29(36)31-22(15-20-9-7-6-8-10-20)24(34)18-33-17-21-11-13-40-26(21)16-23(33)28(35)32-30(3,4)5/h6-10,19,21-27,34H,11-18H2,1-5H3,(H,31,36)(H,32,35)/t21-,22+,23?,24-,25+,26+,27+/m1/s1. The van der Waals surface area contributed by atoms with Crippen LogP contribution in [0.25, 0.3) is 0 Å². The van der Waals surface area contributed by atoms with Gasteiger partial charge in [-0.15, -0.1) is 0 Å². The normalized spacial score (nSPS) is 29.5. The molecule has 0 bridgehead atoms. The predicted octanol–water partition coefficient (Wildman–Crippen LogP) is 3.01. The van der Waals surface area contributed by atoms with E-state index in [2.05, 4.69) is 15.5 Å². The number of carbonyl (C=O) groups excluding carboxylic acids is 2. The van der Waals surface area contributed by atoms with Crippen molar-refractivity contribution in [3.63, 3.8) is 0 Å². The fraction of sp³-hybridized carbons (Fsp3) is 0.733. The van der Waals surface area contributed by atoms with Crippen molar-refractivity contribution >= 4 is 33.6 Å². The second-order valence-electron chi connectivity index (χ2n) is 13.2. The lowest BCUT2D eigenvalue weighted by Gasteiger charge is -2.43. The number of likely N-dealkylation sites (tertiary alicyclic amines) is 1. The van der Waals surface area contributed by atoms with Gasteiger partial charge in [0.05, 0.1) is 23.9 Å². The highest BCUT2D eigenvalue weighted by Gasteiger charge is 2.45. The number of rotatable bonds is 9. The third-order valence-electron chi connectivity index (χ3n) is 8.38. The zero-order valence-corrected chi connectivity index (χ0v) is 26.5. The largest absolute Gasteiger partial charge is 0.445 e. The summed E-state index contributed by atoms with van der Waals surface area (Å²) in [5.41, 5.74) is 0.567. The third-order valence-corrected chi connectivity index (χ3v) is 12.3. The number of amides is 2. The lowest BCUT2D eigenvalue weighted by Crippen LogP contribution is -2.60. The maximum atomic E-state index is 13.4. The Labute approximate surface area is 249 Å². The Hall–Kier alpha value is -1.82. The fourth-order valence-electron chi connectivity index (χ4n) is 6.51. The van der Waals surface area contributed by atoms with E-state index in [9.17, 15) is 23.1 Å². The van der Waals surface area contributed by atoms with Gasteiger partial charge in [-0.1, -0.05) is 44.2 Å². The van der Waals surface area contributed by atoms with Crippen molar-refractivity contribution in [1.29, 1.82) is 0 Å². The van der Waals surface area contributed by atoms with Crippen molar-refractivity contribution in [2.45, 2.75) is 101 Å². The number of aliphatic hydroxyl groups excluding tert-OH is 1. The molecule has 0 spiro atoms. The number of nitrogens with one attached hydrogen (secondary N) is 2. The van der Waals surface area contributed by atoms with Crippen LogP contribution in [0, 0.1) is 11.8 Å². The summed E-state index contributed by atoms with van der Waals surface area (Å²) < 4.78 is 30.8. The van der Waals surface area contributed by atoms with E-state index in [1.54, 1.807) is 0 Å². The minimum atomic E-state index is -3.33. The third kappa shape index (κ3) is 8.39. The van der Waals surface area contributed by atoms with Gasteiger partial charge in [0, 0.05) is 23.9 Å². The first-order valence-corrected chi connectivity index (χ1v) is 17.6. The van der Waals surface area contributed by atoms with Crippen LogP contribution in [0.4, 0.5) is 4.79 Å². The molecule has 1 aromatic carbocycles. The Morgan fingerprint density at radius 1 is 1.17 bits per heavy atom. The molecule has 3 heterocycles. The van der Waals surface area contributed by atoms with Crippen molar-refractivity contribution in [1.82, 2.24) is 15.5 Å². The summed E-state index contributed by atoms with van der Waals surface area (Å²) in [4.78, 5) is 28.6. The van der Waals surface area contributed by atoms with E-state index in [-0.39, 0.29) is 42.1 Å². The average molecular weight is 610 g/mol. The Morgan fingerprint density at radius 3 is 2.54 bits per heavy atom.